The molecular formula is C14H13B4ClN2. The van der Waals surface area contributed by atoms with E-state index in [9.17, 15) is 0 Å². The smallest absolute Gasteiger partial charge is 0.219 e. The van der Waals surface area contributed by atoms with Crippen molar-refractivity contribution in [2.24, 2.45) is 0 Å². The molecule has 0 atom stereocenters. The molecule has 1 aromatic heterocycles. The first kappa shape index (κ1) is 14.3. The van der Waals surface area contributed by atoms with E-state index in [4.69, 9.17) is 11.6 Å². The van der Waals surface area contributed by atoms with Crippen molar-refractivity contribution < 1.29 is 0 Å². The summed E-state index contributed by atoms with van der Waals surface area (Å²) in [7, 11) is 8.52. The number of hydrogen-bond acceptors (Lipinski definition) is 2. The molecule has 7 heteroatoms. The van der Waals surface area contributed by atoms with Crippen molar-refractivity contribution in [3.8, 4) is 11.3 Å². The fourth-order valence-corrected chi connectivity index (χ4v) is 2.96. The zero-order valence-corrected chi connectivity index (χ0v) is 13.4. The van der Waals surface area contributed by atoms with Crippen LogP contribution >= 0.6 is 11.6 Å². The van der Waals surface area contributed by atoms with Crippen molar-refractivity contribution in [1.82, 2.24) is 9.97 Å². The molecule has 0 saturated heterocycles. The minimum atomic E-state index is 0.298. The fraction of sp³-hybridized carbons (Fsp3) is 0. The zero-order valence-electron chi connectivity index (χ0n) is 12.7. The van der Waals surface area contributed by atoms with Gasteiger partial charge in [0.2, 0.25) is 5.28 Å². The van der Waals surface area contributed by atoms with Gasteiger partial charge in [-0.25, -0.2) is 9.97 Å². The second-order valence-corrected chi connectivity index (χ2v) is 5.77. The Labute approximate surface area is 133 Å². The van der Waals surface area contributed by atoms with Crippen LogP contribution in [0.15, 0.2) is 30.3 Å². The summed E-state index contributed by atoms with van der Waals surface area (Å²) in [5.74, 6) is 0. The average molecular weight is 288 g/mol. The molecule has 0 spiro atoms. The molecule has 0 aliphatic rings. The molecule has 0 aliphatic carbocycles. The van der Waals surface area contributed by atoms with E-state index in [2.05, 4.69) is 53.5 Å². The van der Waals surface area contributed by atoms with Gasteiger partial charge in [0.1, 0.15) is 31.4 Å². The lowest BCUT2D eigenvalue weighted by molar-refractivity contribution is 1.23. The maximum atomic E-state index is 6.17. The number of hydrogen-bond donors (Lipinski definition) is 0. The standard InChI is InChI=1S/C14H13B4ClN2/c15-8-7-12(6-4-2-1-3-5-6)20-14(19)21-13(7)11(18)10(17)9(8)16/h1-5H,15-18H2. The van der Waals surface area contributed by atoms with Crippen LogP contribution in [0.25, 0.3) is 22.2 Å². The quantitative estimate of drug-likeness (QED) is 0.352. The summed E-state index contributed by atoms with van der Waals surface area (Å²) in [5.41, 5.74) is 7.90. The molecule has 2 nitrogen and oxygen atoms in total. The van der Waals surface area contributed by atoms with E-state index in [0.717, 1.165) is 22.2 Å². The molecule has 0 bridgehead atoms. The Balaban J connectivity index is 2.52. The minimum Gasteiger partial charge on any atom is -0.219 e. The topological polar surface area (TPSA) is 25.8 Å². The molecule has 2 aromatic carbocycles. The first-order chi connectivity index (χ1) is 10.0. The number of halogens is 1. The Morgan fingerprint density at radius 1 is 0.762 bits per heavy atom. The van der Waals surface area contributed by atoms with Gasteiger partial charge < -0.3 is 0 Å². The minimum absolute atomic E-state index is 0.298. The molecule has 3 rings (SSSR count). The summed E-state index contributed by atoms with van der Waals surface area (Å²) >= 11 is 6.17. The van der Waals surface area contributed by atoms with Crippen LogP contribution in [-0.2, 0) is 0 Å². The highest BCUT2D eigenvalue weighted by molar-refractivity contribution is 6.66. The normalized spacial score (nSPS) is 10.9. The van der Waals surface area contributed by atoms with E-state index in [-0.39, 0.29) is 0 Å². The Kier molecular flexibility index (Phi) is 3.58. The highest BCUT2D eigenvalue weighted by Gasteiger charge is 2.16. The monoisotopic (exact) mass is 288 g/mol. The summed E-state index contributed by atoms with van der Waals surface area (Å²) in [6.45, 7) is 0. The molecule has 0 saturated carbocycles. The molecule has 21 heavy (non-hydrogen) atoms. The number of aromatic nitrogens is 2. The van der Waals surface area contributed by atoms with Crippen LogP contribution in [0.3, 0.4) is 0 Å². The van der Waals surface area contributed by atoms with Crippen LogP contribution < -0.4 is 21.9 Å². The highest BCUT2D eigenvalue weighted by atomic mass is 35.5. The Morgan fingerprint density at radius 2 is 1.38 bits per heavy atom. The van der Waals surface area contributed by atoms with Crippen LogP contribution in [0.2, 0.25) is 5.28 Å². The van der Waals surface area contributed by atoms with Crippen molar-refractivity contribution in [3.05, 3.63) is 35.6 Å². The van der Waals surface area contributed by atoms with Gasteiger partial charge in [0.15, 0.2) is 0 Å². The van der Waals surface area contributed by atoms with Crippen molar-refractivity contribution in [3.63, 3.8) is 0 Å². The van der Waals surface area contributed by atoms with E-state index in [1.165, 1.54) is 21.9 Å². The first-order valence-corrected chi connectivity index (χ1v) is 7.37. The second-order valence-electron chi connectivity index (χ2n) is 5.43. The van der Waals surface area contributed by atoms with Gasteiger partial charge in [-0.05, 0) is 11.6 Å². The SMILES string of the molecule is Bc1c(B)c(B)c2c(-c3ccccc3)nc(Cl)nc2c1B. The molecular weight excluding hydrogens is 275 g/mol. The van der Waals surface area contributed by atoms with Crippen LogP contribution in [0.4, 0.5) is 0 Å². The van der Waals surface area contributed by atoms with Gasteiger partial charge in [-0.3, -0.25) is 0 Å². The third-order valence-corrected chi connectivity index (χ3v) is 4.52. The van der Waals surface area contributed by atoms with E-state index < -0.39 is 0 Å². The van der Waals surface area contributed by atoms with Crippen molar-refractivity contribution in [1.29, 1.82) is 0 Å². The van der Waals surface area contributed by atoms with Gasteiger partial charge in [-0.15, -0.1) is 5.46 Å². The Hall–Kier alpha value is -1.67. The van der Waals surface area contributed by atoms with Gasteiger partial charge in [0, 0.05) is 10.9 Å². The summed E-state index contributed by atoms with van der Waals surface area (Å²) < 4.78 is 0. The first-order valence-electron chi connectivity index (χ1n) is 6.99. The average Bonchev–Trinajstić information content (AvgIpc) is 2.51. The number of rotatable bonds is 1. The number of nitrogens with zero attached hydrogens (tertiary/aromatic N) is 2. The molecule has 0 amide bonds. The van der Waals surface area contributed by atoms with Crippen molar-refractivity contribution in [2.45, 2.75) is 0 Å². The predicted molar refractivity (Wildman–Crippen MR) is 103 cm³/mol. The lowest BCUT2D eigenvalue weighted by atomic mass is 9.65. The molecule has 0 N–H and O–H groups in total. The Morgan fingerprint density at radius 3 is 2.05 bits per heavy atom. The predicted octanol–water partition coefficient (Wildman–Crippen LogP) is -3.02. The highest BCUT2D eigenvalue weighted by Crippen LogP contribution is 2.24. The third kappa shape index (κ3) is 2.28. The van der Waals surface area contributed by atoms with Crippen LogP contribution in [-0.4, -0.2) is 41.4 Å². The summed E-state index contributed by atoms with van der Waals surface area (Å²) in [4.78, 5) is 8.98. The summed E-state index contributed by atoms with van der Waals surface area (Å²) in [6, 6.07) is 10.1. The van der Waals surface area contributed by atoms with Gasteiger partial charge in [0.25, 0.3) is 0 Å². The molecule has 1 heterocycles. The van der Waals surface area contributed by atoms with Crippen LogP contribution in [0, 0.1) is 0 Å². The van der Waals surface area contributed by atoms with Gasteiger partial charge in [-0.2, -0.15) is 0 Å². The van der Waals surface area contributed by atoms with Gasteiger partial charge in [0.05, 0.1) is 11.2 Å². The molecule has 3 aromatic rings. The molecule has 0 aliphatic heterocycles. The van der Waals surface area contributed by atoms with Crippen molar-refractivity contribution >= 4 is 75.7 Å². The molecule has 0 unspecified atom stereocenters. The summed E-state index contributed by atoms with van der Waals surface area (Å²) in [5, 5.41) is 1.40. The fourth-order valence-electron chi connectivity index (χ4n) is 2.79. The Bertz CT molecular complexity index is 853. The number of fused-ring (bicyclic) bond motifs is 1. The van der Waals surface area contributed by atoms with Crippen LogP contribution in [0.1, 0.15) is 0 Å². The van der Waals surface area contributed by atoms with E-state index in [1.54, 1.807) is 0 Å². The lowest BCUT2D eigenvalue weighted by Gasteiger charge is -2.17. The maximum Gasteiger partial charge on any atom is 0.223 e. The van der Waals surface area contributed by atoms with E-state index in [1.807, 2.05) is 18.2 Å². The molecule has 98 valence electrons. The lowest BCUT2D eigenvalue weighted by Crippen LogP contribution is -2.48. The van der Waals surface area contributed by atoms with E-state index in [0.29, 0.717) is 5.28 Å². The zero-order chi connectivity index (χ0) is 15.1. The maximum absolute atomic E-state index is 6.17. The third-order valence-electron chi connectivity index (χ3n) is 4.35. The van der Waals surface area contributed by atoms with E-state index >= 15 is 0 Å². The van der Waals surface area contributed by atoms with Gasteiger partial charge in [-0.1, -0.05) is 46.7 Å². The van der Waals surface area contributed by atoms with Gasteiger partial charge >= 0.3 is 0 Å². The molecule has 0 fully saturated rings. The largest absolute Gasteiger partial charge is 0.223 e. The van der Waals surface area contributed by atoms with Crippen LogP contribution in [0.5, 0.6) is 0 Å². The van der Waals surface area contributed by atoms with Crippen molar-refractivity contribution in [2.75, 3.05) is 0 Å². The molecule has 0 radical (unpaired) electrons. The summed E-state index contributed by atoms with van der Waals surface area (Å²) in [6.07, 6.45) is 0. The second kappa shape index (κ2) is 5.27. The number of benzene rings is 2.